The van der Waals surface area contributed by atoms with Crippen molar-refractivity contribution in [3.63, 3.8) is 0 Å². The molecule has 156 valence electrons. The zero-order valence-corrected chi connectivity index (χ0v) is 17.0. The minimum absolute atomic E-state index is 0.0169. The first-order chi connectivity index (χ1) is 14.0. The van der Waals surface area contributed by atoms with E-state index in [1.54, 1.807) is 18.9 Å². The SMILES string of the molecule is COCc1nnc2n1[C@@H](C)CN(C(=O)c1c(C)cc(C3CCOCC3)oc1=O)C2. The Hall–Kier alpha value is -2.52. The van der Waals surface area contributed by atoms with Gasteiger partial charge in [0.05, 0.1) is 12.6 Å². The van der Waals surface area contributed by atoms with E-state index in [0.717, 1.165) is 18.7 Å². The molecule has 0 unspecified atom stereocenters. The topological polar surface area (TPSA) is 99.7 Å². The molecule has 0 bridgehead atoms. The van der Waals surface area contributed by atoms with Gasteiger partial charge in [-0.3, -0.25) is 4.79 Å². The molecule has 0 aromatic carbocycles. The van der Waals surface area contributed by atoms with Crippen LogP contribution in [0.2, 0.25) is 0 Å². The molecule has 1 fully saturated rings. The smallest absolute Gasteiger partial charge is 0.349 e. The van der Waals surface area contributed by atoms with Crippen LogP contribution in [0.25, 0.3) is 0 Å². The molecule has 0 radical (unpaired) electrons. The summed E-state index contributed by atoms with van der Waals surface area (Å²) >= 11 is 0. The first-order valence-corrected chi connectivity index (χ1v) is 9.92. The van der Waals surface area contributed by atoms with Gasteiger partial charge < -0.3 is 23.4 Å². The van der Waals surface area contributed by atoms with Crippen molar-refractivity contribution < 1.29 is 18.7 Å². The van der Waals surface area contributed by atoms with Gasteiger partial charge in [0, 0.05) is 32.8 Å². The van der Waals surface area contributed by atoms with Crippen LogP contribution in [0.4, 0.5) is 0 Å². The van der Waals surface area contributed by atoms with E-state index in [9.17, 15) is 9.59 Å². The summed E-state index contributed by atoms with van der Waals surface area (Å²) < 4.78 is 18.1. The van der Waals surface area contributed by atoms with Gasteiger partial charge in [-0.25, -0.2) is 4.79 Å². The number of hydrogen-bond donors (Lipinski definition) is 0. The third kappa shape index (κ3) is 3.72. The van der Waals surface area contributed by atoms with Crippen LogP contribution in [-0.2, 0) is 22.6 Å². The fourth-order valence-corrected chi connectivity index (χ4v) is 4.23. The zero-order valence-electron chi connectivity index (χ0n) is 17.0. The van der Waals surface area contributed by atoms with E-state index in [1.807, 2.05) is 17.6 Å². The number of ether oxygens (including phenoxy) is 2. The summed E-state index contributed by atoms with van der Waals surface area (Å²) in [5, 5.41) is 8.36. The molecule has 2 aromatic rings. The fraction of sp³-hybridized carbons (Fsp3) is 0.600. The standard InChI is InChI=1S/C20H26N4O5/c1-12-8-15(14-4-6-28-7-5-14)29-20(26)18(12)19(25)23-9-13(2)24-16(10-23)21-22-17(24)11-27-3/h8,13-14H,4-7,9-11H2,1-3H3/t13-/m0/s1. The van der Waals surface area contributed by atoms with Crippen molar-refractivity contribution in [1.29, 1.82) is 0 Å². The summed E-state index contributed by atoms with van der Waals surface area (Å²) in [7, 11) is 1.61. The van der Waals surface area contributed by atoms with Crippen molar-refractivity contribution in [2.45, 2.75) is 51.8 Å². The second-order valence-electron chi connectivity index (χ2n) is 7.75. The van der Waals surface area contributed by atoms with Crippen LogP contribution in [0.3, 0.4) is 0 Å². The second kappa shape index (κ2) is 8.08. The van der Waals surface area contributed by atoms with Gasteiger partial charge in [-0.1, -0.05) is 0 Å². The van der Waals surface area contributed by atoms with Crippen molar-refractivity contribution in [2.24, 2.45) is 0 Å². The highest BCUT2D eigenvalue weighted by Gasteiger charge is 2.32. The minimum atomic E-state index is -0.573. The first-order valence-electron chi connectivity index (χ1n) is 9.92. The molecule has 0 N–H and O–H groups in total. The quantitative estimate of drug-likeness (QED) is 0.769. The molecule has 2 aliphatic heterocycles. The lowest BCUT2D eigenvalue weighted by atomic mass is 9.95. The van der Waals surface area contributed by atoms with E-state index in [2.05, 4.69) is 10.2 Å². The number of aryl methyl sites for hydroxylation is 1. The van der Waals surface area contributed by atoms with Crippen LogP contribution in [0.15, 0.2) is 15.3 Å². The molecular formula is C20H26N4O5. The molecule has 29 heavy (non-hydrogen) atoms. The van der Waals surface area contributed by atoms with E-state index in [-0.39, 0.29) is 23.4 Å². The Kier molecular flexibility index (Phi) is 5.51. The Labute approximate surface area is 168 Å². The summed E-state index contributed by atoms with van der Waals surface area (Å²) in [6.45, 7) is 6.22. The van der Waals surface area contributed by atoms with E-state index >= 15 is 0 Å². The number of carbonyl (C=O) groups excluding carboxylic acids is 1. The van der Waals surface area contributed by atoms with E-state index in [4.69, 9.17) is 13.9 Å². The predicted octanol–water partition coefficient (Wildman–Crippen LogP) is 1.80. The van der Waals surface area contributed by atoms with Crippen LogP contribution in [0.5, 0.6) is 0 Å². The fourth-order valence-electron chi connectivity index (χ4n) is 4.23. The minimum Gasteiger partial charge on any atom is -0.427 e. The van der Waals surface area contributed by atoms with E-state index < -0.39 is 5.63 Å². The lowest BCUT2D eigenvalue weighted by Crippen LogP contribution is -2.42. The molecule has 4 heterocycles. The summed E-state index contributed by atoms with van der Waals surface area (Å²) in [6.07, 6.45) is 1.64. The summed E-state index contributed by atoms with van der Waals surface area (Å²) in [5.74, 6) is 1.89. The molecule has 9 heteroatoms. The van der Waals surface area contributed by atoms with Crippen LogP contribution in [0.1, 0.15) is 65.1 Å². The summed E-state index contributed by atoms with van der Waals surface area (Å²) in [6, 6.07) is 1.81. The van der Waals surface area contributed by atoms with Crippen molar-refractivity contribution in [3.8, 4) is 0 Å². The van der Waals surface area contributed by atoms with Crippen molar-refractivity contribution >= 4 is 5.91 Å². The van der Waals surface area contributed by atoms with E-state index in [0.29, 0.717) is 50.1 Å². The number of methoxy groups -OCH3 is 1. The highest BCUT2D eigenvalue weighted by Crippen LogP contribution is 2.28. The molecule has 4 rings (SSSR count). The van der Waals surface area contributed by atoms with Crippen LogP contribution in [-0.4, -0.2) is 52.4 Å². The molecule has 0 saturated carbocycles. The molecule has 1 saturated heterocycles. The largest absolute Gasteiger partial charge is 0.427 e. The van der Waals surface area contributed by atoms with Gasteiger partial charge in [-0.2, -0.15) is 0 Å². The maximum atomic E-state index is 13.2. The summed E-state index contributed by atoms with van der Waals surface area (Å²) in [4.78, 5) is 27.5. The van der Waals surface area contributed by atoms with Gasteiger partial charge in [-0.15, -0.1) is 10.2 Å². The Morgan fingerprint density at radius 1 is 1.31 bits per heavy atom. The Bertz CT molecular complexity index is 960. The lowest BCUT2D eigenvalue weighted by molar-refractivity contribution is 0.0665. The monoisotopic (exact) mass is 402 g/mol. The Morgan fingerprint density at radius 2 is 2.07 bits per heavy atom. The number of aromatic nitrogens is 3. The maximum absolute atomic E-state index is 13.2. The first kappa shape index (κ1) is 19.8. The molecule has 1 atom stereocenters. The average molecular weight is 402 g/mol. The number of rotatable bonds is 4. The number of fused-ring (bicyclic) bond motifs is 1. The number of nitrogens with zero attached hydrogens (tertiary/aromatic N) is 4. The molecular weight excluding hydrogens is 376 g/mol. The van der Waals surface area contributed by atoms with Gasteiger partial charge in [-0.05, 0) is 38.3 Å². The lowest BCUT2D eigenvalue weighted by Gasteiger charge is -2.32. The Morgan fingerprint density at radius 3 is 2.76 bits per heavy atom. The van der Waals surface area contributed by atoms with Crippen LogP contribution >= 0.6 is 0 Å². The van der Waals surface area contributed by atoms with Crippen molar-refractivity contribution in [3.05, 3.63) is 45.0 Å². The number of carbonyl (C=O) groups is 1. The molecule has 0 aliphatic carbocycles. The number of amides is 1. The predicted molar refractivity (Wildman–Crippen MR) is 103 cm³/mol. The third-order valence-electron chi connectivity index (χ3n) is 5.66. The zero-order chi connectivity index (χ0) is 20.5. The van der Waals surface area contributed by atoms with Gasteiger partial charge in [0.1, 0.15) is 17.9 Å². The van der Waals surface area contributed by atoms with E-state index in [1.165, 1.54) is 0 Å². The second-order valence-corrected chi connectivity index (χ2v) is 7.75. The van der Waals surface area contributed by atoms with Gasteiger partial charge in [0.2, 0.25) is 0 Å². The van der Waals surface area contributed by atoms with Crippen molar-refractivity contribution in [2.75, 3.05) is 26.9 Å². The maximum Gasteiger partial charge on any atom is 0.349 e. The summed E-state index contributed by atoms with van der Waals surface area (Å²) in [5.41, 5.74) is 0.168. The normalized spacial score (nSPS) is 20.0. The highest BCUT2D eigenvalue weighted by atomic mass is 16.5. The average Bonchev–Trinajstić information content (AvgIpc) is 3.11. The number of hydrogen-bond acceptors (Lipinski definition) is 7. The van der Waals surface area contributed by atoms with Gasteiger partial charge in [0.15, 0.2) is 11.6 Å². The highest BCUT2D eigenvalue weighted by molar-refractivity contribution is 5.95. The Balaban J connectivity index is 1.59. The molecule has 0 spiro atoms. The van der Waals surface area contributed by atoms with Crippen LogP contribution in [0, 0.1) is 6.92 Å². The van der Waals surface area contributed by atoms with Crippen molar-refractivity contribution in [1.82, 2.24) is 19.7 Å². The van der Waals surface area contributed by atoms with Crippen LogP contribution < -0.4 is 5.63 Å². The molecule has 1 amide bonds. The van der Waals surface area contributed by atoms with Gasteiger partial charge >= 0.3 is 5.63 Å². The molecule has 2 aromatic heterocycles. The van der Waals surface area contributed by atoms with Gasteiger partial charge in [0.25, 0.3) is 5.91 Å². The molecule has 9 nitrogen and oxygen atoms in total. The third-order valence-corrected chi connectivity index (χ3v) is 5.66. The molecule has 2 aliphatic rings.